The van der Waals surface area contributed by atoms with Gasteiger partial charge in [-0.25, -0.2) is 0 Å². The molecular weight excluding hydrogens is 785 g/mol. The number of hydrogen-bond donors (Lipinski definition) is 0. The second-order valence-corrected chi connectivity index (χ2v) is 18.2. The van der Waals surface area contributed by atoms with Crippen molar-refractivity contribution in [2.75, 3.05) is 129 Å². The van der Waals surface area contributed by atoms with Crippen LogP contribution in [0.1, 0.15) is 89.1 Å². The highest BCUT2D eigenvalue weighted by Crippen LogP contribution is 2.32. The molecule has 0 aromatic heterocycles. The van der Waals surface area contributed by atoms with Gasteiger partial charge in [-0.05, 0) is 0 Å². The van der Waals surface area contributed by atoms with Crippen LogP contribution < -0.4 is 0 Å². The lowest BCUT2D eigenvalue weighted by Gasteiger charge is -2.46. The van der Waals surface area contributed by atoms with Gasteiger partial charge in [0, 0.05) is 62.3 Å². The van der Waals surface area contributed by atoms with E-state index in [1.165, 1.54) is 0 Å². The van der Waals surface area contributed by atoms with Gasteiger partial charge in [0.25, 0.3) is 0 Å². The Labute approximate surface area is 354 Å². The van der Waals surface area contributed by atoms with E-state index in [0.29, 0.717) is 85.9 Å². The van der Waals surface area contributed by atoms with Crippen LogP contribution in [0.4, 0.5) is 0 Å². The Morgan fingerprint density at radius 1 is 0.375 bits per heavy atom. The third-order valence-corrected chi connectivity index (χ3v) is 17.0. The summed E-state index contributed by atoms with van der Waals surface area (Å²) in [5, 5.41) is 0. The van der Waals surface area contributed by atoms with Crippen LogP contribution in [0.5, 0.6) is 0 Å². The summed E-state index contributed by atoms with van der Waals surface area (Å²) in [5.74, 6) is 0. The van der Waals surface area contributed by atoms with E-state index < -0.39 is 32.7 Å². The van der Waals surface area contributed by atoms with Crippen LogP contribution >= 0.6 is 0 Å². The summed E-state index contributed by atoms with van der Waals surface area (Å²) in [6, 6.07) is 0. The molecule has 2 rings (SSSR count). The monoisotopic (exact) mass is 889 g/mol. The zero-order valence-electron chi connectivity index (χ0n) is 28.0. The Morgan fingerprint density at radius 2 is 0.643 bits per heavy atom. The molecule has 2 fully saturated rings. The van der Waals surface area contributed by atoms with E-state index in [2.05, 4.69) is 0 Å². The lowest BCUT2D eigenvalue weighted by atomic mass is 10.2. The second kappa shape index (κ2) is 51.2. The van der Waals surface area contributed by atoms with E-state index >= 15 is 0 Å². The Kier molecular flexibility index (Phi) is 79.9. The first-order valence-electron chi connectivity index (χ1n) is 14.6. The van der Waals surface area contributed by atoms with Crippen molar-refractivity contribution in [1.29, 1.82) is 0 Å². The first-order valence-corrected chi connectivity index (χ1v) is 21.2. The lowest BCUT2D eigenvalue weighted by molar-refractivity contribution is -0.178. The fourth-order valence-electron chi connectivity index (χ4n) is 4.01. The first-order chi connectivity index (χ1) is 21.1. The normalized spacial score (nSPS) is 23.8. The molecule has 0 radical (unpaired) electrons. The Hall–Kier alpha value is 0.0106. The Bertz CT molecular complexity index is 632. The van der Waals surface area contributed by atoms with Crippen molar-refractivity contribution in [2.24, 2.45) is 0 Å². The predicted molar refractivity (Wildman–Crippen MR) is 243 cm³/mol. The molecule has 3 unspecified atom stereocenters. The maximum Gasteiger partial charge on any atom is 0.483 e. The predicted octanol–water partition coefficient (Wildman–Crippen LogP) is 8.45. The molecule has 0 spiro atoms. The topological polar surface area (TPSA) is 148 Å². The van der Waals surface area contributed by atoms with Gasteiger partial charge in [-0.3, -0.25) is 0 Å². The van der Waals surface area contributed by atoms with Gasteiger partial charge in [0.05, 0.1) is 85.9 Å². The van der Waals surface area contributed by atoms with Gasteiger partial charge < -0.3 is 73.0 Å². The van der Waals surface area contributed by atoms with Crippen molar-refractivity contribution >= 4 is 26.4 Å². The van der Waals surface area contributed by atoms with Crippen LogP contribution in [0.15, 0.2) is 0 Å². The van der Waals surface area contributed by atoms with Gasteiger partial charge in [-0.2, -0.15) is 0 Å². The van der Waals surface area contributed by atoms with Crippen LogP contribution in [0.25, 0.3) is 0 Å². The molecule has 0 aromatic carbocycles. The molecule has 2 saturated heterocycles. The molecule has 2 heterocycles. The van der Waals surface area contributed by atoms with Crippen LogP contribution in [0.3, 0.4) is 0 Å². The van der Waals surface area contributed by atoms with Crippen molar-refractivity contribution in [3.63, 3.8) is 0 Å². The van der Waals surface area contributed by atoms with Gasteiger partial charge >= 0.3 is 26.4 Å². The van der Waals surface area contributed by atoms with E-state index in [-0.39, 0.29) is 101 Å². The van der Waals surface area contributed by atoms with Crippen molar-refractivity contribution in [3.05, 3.63) is 0 Å². The van der Waals surface area contributed by atoms with Crippen molar-refractivity contribution in [3.8, 4) is 0 Å². The van der Waals surface area contributed by atoms with Crippen LogP contribution in [0, 0.1) is 0 Å². The van der Waals surface area contributed by atoms with E-state index in [9.17, 15) is 0 Å². The average Bonchev–Trinajstić information content (AvgIpc) is 3.34. The third kappa shape index (κ3) is 37.0. The minimum absolute atomic E-state index is 0. The standard InChI is InChI=1S/C13H26O7.C12H30O9Si3.12CH4/c1-14-4-7-17-11-10-20-13(19-9-6-16-3)12(11)18-8-5-15-2;1-13-7-10-16-22(4)19-23(5,17-11-8-14-2)21-24(6,20-22)18-12-9-15-3;;;;;;;;;;;;/h11-13H,4-10H2,1-3H3;7-12H2,1-6H3;12*1H4. The molecule has 2 aliphatic heterocycles. The van der Waals surface area contributed by atoms with Crippen LogP contribution in [-0.2, 0) is 73.0 Å². The fraction of sp³-hybridized carbons (Fsp3) is 1.00. The second-order valence-electron chi connectivity index (χ2n) is 9.71. The number of hydrogen-bond acceptors (Lipinski definition) is 16. The maximum atomic E-state index is 6.06. The SMILES string of the molecule is C.C.C.C.C.C.C.C.C.C.C.C.COCCOC1COC(OCCOC)C1OCCOC.COCCO[Si]1(C)O[Si](C)(OCCOC)O[Si](C)(OCCOC)O1. The molecule has 0 aromatic rings. The van der Waals surface area contributed by atoms with E-state index in [1.54, 1.807) is 42.7 Å². The maximum absolute atomic E-state index is 6.06. The lowest BCUT2D eigenvalue weighted by Crippen LogP contribution is -2.70. The van der Waals surface area contributed by atoms with Crippen molar-refractivity contribution in [1.82, 2.24) is 0 Å². The van der Waals surface area contributed by atoms with Gasteiger partial charge in [0.15, 0.2) is 6.29 Å². The van der Waals surface area contributed by atoms with Crippen molar-refractivity contribution < 1.29 is 73.0 Å². The van der Waals surface area contributed by atoms with E-state index in [4.69, 9.17) is 73.0 Å². The molecule has 19 heteroatoms. The zero-order valence-corrected chi connectivity index (χ0v) is 31.0. The summed E-state index contributed by atoms with van der Waals surface area (Å²) < 4.78 is 88.3. The summed E-state index contributed by atoms with van der Waals surface area (Å²) >= 11 is 0. The minimum Gasteiger partial charge on any atom is -0.382 e. The molecule has 3 atom stereocenters. The number of ether oxygens (including phenoxy) is 10. The smallest absolute Gasteiger partial charge is 0.382 e. The number of rotatable bonds is 24. The van der Waals surface area contributed by atoms with Crippen LogP contribution in [-0.4, -0.2) is 173 Å². The highest BCUT2D eigenvalue weighted by atomic mass is 28.5. The van der Waals surface area contributed by atoms with E-state index in [0.717, 1.165) is 0 Å². The van der Waals surface area contributed by atoms with Crippen LogP contribution in [0.2, 0.25) is 19.6 Å². The highest BCUT2D eigenvalue weighted by molar-refractivity contribution is 6.87. The summed E-state index contributed by atoms with van der Waals surface area (Å²) in [4.78, 5) is 0. The molecule has 0 amide bonds. The third-order valence-electron chi connectivity index (χ3n) is 5.91. The fourth-order valence-corrected chi connectivity index (χ4v) is 16.5. The Morgan fingerprint density at radius 3 is 0.946 bits per heavy atom. The molecule has 0 bridgehead atoms. The summed E-state index contributed by atoms with van der Waals surface area (Å²) in [5.41, 5.74) is 0. The summed E-state index contributed by atoms with van der Waals surface area (Å²) in [6.45, 7) is 11.3. The van der Waals surface area contributed by atoms with Gasteiger partial charge in [-0.1, -0.05) is 89.1 Å². The van der Waals surface area contributed by atoms with Gasteiger partial charge in [-0.15, -0.1) is 0 Å². The molecule has 56 heavy (non-hydrogen) atoms. The minimum atomic E-state index is -2.98. The molecule has 0 saturated carbocycles. The molecule has 0 aliphatic carbocycles. The molecule has 360 valence electrons. The van der Waals surface area contributed by atoms with Gasteiger partial charge in [0.1, 0.15) is 12.2 Å². The largest absolute Gasteiger partial charge is 0.483 e. The average molecular weight is 889 g/mol. The highest BCUT2D eigenvalue weighted by Gasteiger charge is 2.62. The summed E-state index contributed by atoms with van der Waals surface area (Å²) in [7, 11) is 0.790. The molecule has 2 aliphatic rings. The Balaban J connectivity index is -0.0000000574. The molecular formula is C37H104O16Si3. The molecule has 16 nitrogen and oxygen atoms in total. The summed E-state index contributed by atoms with van der Waals surface area (Å²) in [6.07, 6.45) is -0.858. The first kappa shape index (κ1) is 87.5. The van der Waals surface area contributed by atoms with Crippen molar-refractivity contribution in [2.45, 2.75) is 127 Å². The zero-order chi connectivity index (χ0) is 32.7. The quantitative estimate of drug-likeness (QED) is 0.0674. The number of methoxy groups -OCH3 is 6. The van der Waals surface area contributed by atoms with Gasteiger partial charge in [0.2, 0.25) is 0 Å². The van der Waals surface area contributed by atoms with E-state index in [1.807, 2.05) is 19.6 Å². The molecule has 0 N–H and O–H groups in total.